The summed E-state index contributed by atoms with van der Waals surface area (Å²) in [4.78, 5) is 25.4. The predicted molar refractivity (Wildman–Crippen MR) is 52.4 cm³/mol. The summed E-state index contributed by atoms with van der Waals surface area (Å²) in [5, 5.41) is 0. The molecule has 0 aromatic carbocycles. The van der Waals surface area contributed by atoms with Gasteiger partial charge in [-0.3, -0.25) is 14.5 Å². The summed E-state index contributed by atoms with van der Waals surface area (Å²) in [6, 6.07) is 0. The second-order valence-electron chi connectivity index (χ2n) is 5.33. The van der Waals surface area contributed by atoms with Crippen LogP contribution < -0.4 is 0 Å². The molecule has 2 aliphatic rings. The van der Waals surface area contributed by atoms with E-state index in [0.717, 1.165) is 19.3 Å². The Bertz CT molecular complexity index is 268. The van der Waals surface area contributed by atoms with Crippen molar-refractivity contribution in [3.8, 4) is 0 Å². The highest BCUT2D eigenvalue weighted by atomic mass is 16.2. The second kappa shape index (κ2) is 2.81. The monoisotopic (exact) mass is 195 g/mol. The molecule has 2 amide bonds. The lowest BCUT2D eigenvalue weighted by molar-refractivity contribution is -0.145. The van der Waals surface area contributed by atoms with Gasteiger partial charge in [-0.1, -0.05) is 6.42 Å². The van der Waals surface area contributed by atoms with Crippen LogP contribution >= 0.6 is 0 Å². The summed E-state index contributed by atoms with van der Waals surface area (Å²) in [7, 11) is 0. The first-order valence-corrected chi connectivity index (χ1v) is 5.31. The summed E-state index contributed by atoms with van der Waals surface area (Å²) in [5.74, 6) is 0.124. The van der Waals surface area contributed by atoms with Crippen molar-refractivity contribution in [1.29, 1.82) is 0 Å². The molecule has 0 N–H and O–H groups in total. The minimum atomic E-state index is -0.349. The number of carbonyl (C=O) groups excluding carboxylic acids is 2. The first-order valence-electron chi connectivity index (χ1n) is 5.31. The molecule has 0 radical (unpaired) electrons. The maximum Gasteiger partial charge on any atom is 0.233 e. The Morgan fingerprint density at radius 3 is 1.86 bits per heavy atom. The van der Waals surface area contributed by atoms with Crippen LogP contribution in [0.1, 0.15) is 40.0 Å². The van der Waals surface area contributed by atoms with Gasteiger partial charge < -0.3 is 0 Å². The van der Waals surface area contributed by atoms with Crippen molar-refractivity contribution in [1.82, 2.24) is 4.90 Å². The van der Waals surface area contributed by atoms with Gasteiger partial charge in [-0.05, 0) is 33.6 Å². The van der Waals surface area contributed by atoms with Crippen LogP contribution in [0.4, 0.5) is 0 Å². The smallest absolute Gasteiger partial charge is 0.233 e. The summed E-state index contributed by atoms with van der Waals surface area (Å²) >= 11 is 0. The molecule has 0 aromatic rings. The van der Waals surface area contributed by atoms with Crippen molar-refractivity contribution < 1.29 is 9.59 Å². The Hall–Kier alpha value is -0.860. The van der Waals surface area contributed by atoms with Crippen LogP contribution in [-0.2, 0) is 9.59 Å². The van der Waals surface area contributed by atoms with Crippen molar-refractivity contribution in [2.24, 2.45) is 11.8 Å². The van der Waals surface area contributed by atoms with E-state index in [1.165, 1.54) is 4.90 Å². The molecule has 1 aliphatic carbocycles. The van der Waals surface area contributed by atoms with Gasteiger partial charge >= 0.3 is 0 Å². The van der Waals surface area contributed by atoms with Gasteiger partial charge in [0.05, 0.1) is 11.8 Å². The Morgan fingerprint density at radius 1 is 1.07 bits per heavy atom. The molecular formula is C11H17NO2. The van der Waals surface area contributed by atoms with Gasteiger partial charge in [-0.25, -0.2) is 0 Å². The fourth-order valence-corrected chi connectivity index (χ4v) is 2.65. The molecule has 2 rings (SSSR count). The van der Waals surface area contributed by atoms with E-state index in [2.05, 4.69) is 0 Å². The number of carbonyl (C=O) groups is 2. The van der Waals surface area contributed by atoms with Crippen molar-refractivity contribution >= 4 is 11.8 Å². The van der Waals surface area contributed by atoms with Crippen molar-refractivity contribution in [2.75, 3.05) is 0 Å². The van der Waals surface area contributed by atoms with Crippen LogP contribution in [0.5, 0.6) is 0 Å². The summed E-state index contributed by atoms with van der Waals surface area (Å²) in [6.07, 6.45) is 2.84. The molecule has 0 bridgehead atoms. The number of hydrogen-bond acceptors (Lipinski definition) is 2. The highest BCUT2D eigenvalue weighted by Gasteiger charge is 2.52. The Labute approximate surface area is 84.5 Å². The number of fused-ring (bicyclic) bond motifs is 1. The molecule has 1 aliphatic heterocycles. The van der Waals surface area contributed by atoms with Crippen molar-refractivity contribution in [2.45, 2.75) is 45.6 Å². The number of hydrogen-bond donors (Lipinski definition) is 0. The van der Waals surface area contributed by atoms with Crippen LogP contribution in [0.15, 0.2) is 0 Å². The van der Waals surface area contributed by atoms with E-state index in [-0.39, 0.29) is 29.2 Å². The molecule has 2 fully saturated rings. The largest absolute Gasteiger partial charge is 0.277 e. The topological polar surface area (TPSA) is 37.4 Å². The van der Waals surface area contributed by atoms with E-state index in [0.29, 0.717) is 0 Å². The average molecular weight is 195 g/mol. The minimum absolute atomic E-state index is 0.00160. The van der Waals surface area contributed by atoms with Crippen molar-refractivity contribution in [3.05, 3.63) is 0 Å². The Morgan fingerprint density at radius 2 is 1.50 bits per heavy atom. The zero-order chi connectivity index (χ0) is 10.5. The van der Waals surface area contributed by atoms with E-state index in [1.54, 1.807) is 0 Å². The summed E-state index contributed by atoms with van der Waals surface area (Å²) in [6.45, 7) is 5.76. The molecule has 14 heavy (non-hydrogen) atoms. The van der Waals surface area contributed by atoms with Crippen LogP contribution in [-0.4, -0.2) is 22.3 Å². The zero-order valence-electron chi connectivity index (χ0n) is 9.04. The Balaban J connectivity index is 2.31. The number of amides is 2. The maximum atomic E-state index is 11.9. The van der Waals surface area contributed by atoms with Crippen LogP contribution in [0.25, 0.3) is 0 Å². The lowest BCUT2D eigenvalue weighted by Gasteiger charge is -2.30. The van der Waals surface area contributed by atoms with Gasteiger partial charge in [0.2, 0.25) is 11.8 Å². The molecular weight excluding hydrogens is 178 g/mol. The summed E-state index contributed by atoms with van der Waals surface area (Å²) < 4.78 is 0. The molecule has 2 atom stereocenters. The average Bonchev–Trinajstić information content (AvgIpc) is 2.54. The van der Waals surface area contributed by atoms with Crippen molar-refractivity contribution in [3.63, 3.8) is 0 Å². The van der Waals surface area contributed by atoms with E-state index < -0.39 is 0 Å². The van der Waals surface area contributed by atoms with E-state index >= 15 is 0 Å². The molecule has 2 unspecified atom stereocenters. The number of rotatable bonds is 0. The maximum absolute atomic E-state index is 11.9. The molecule has 1 saturated carbocycles. The number of imide groups is 1. The van der Waals surface area contributed by atoms with Gasteiger partial charge in [-0.2, -0.15) is 0 Å². The quantitative estimate of drug-likeness (QED) is 0.550. The van der Waals surface area contributed by atoms with Crippen LogP contribution in [0.2, 0.25) is 0 Å². The third-order valence-corrected chi connectivity index (χ3v) is 3.26. The van der Waals surface area contributed by atoms with Crippen LogP contribution in [0.3, 0.4) is 0 Å². The van der Waals surface area contributed by atoms with Gasteiger partial charge in [0, 0.05) is 5.54 Å². The first-order chi connectivity index (χ1) is 6.43. The SMILES string of the molecule is CC(C)(C)N1C(=O)C2CCCC2C1=O. The number of nitrogens with zero attached hydrogens (tertiary/aromatic N) is 1. The van der Waals surface area contributed by atoms with E-state index in [9.17, 15) is 9.59 Å². The fraction of sp³-hybridized carbons (Fsp3) is 0.818. The lowest BCUT2D eigenvalue weighted by atomic mass is 10.00. The highest BCUT2D eigenvalue weighted by molar-refractivity contribution is 6.06. The Kier molecular flexibility index (Phi) is 1.95. The normalized spacial score (nSPS) is 32.6. The van der Waals surface area contributed by atoms with E-state index in [4.69, 9.17) is 0 Å². The predicted octanol–water partition coefficient (Wildman–Crippen LogP) is 1.57. The first kappa shape index (κ1) is 9.69. The molecule has 0 aromatic heterocycles. The fourth-order valence-electron chi connectivity index (χ4n) is 2.65. The summed E-state index contributed by atoms with van der Waals surface area (Å²) in [5.41, 5.74) is -0.349. The lowest BCUT2D eigenvalue weighted by Crippen LogP contribution is -2.46. The molecule has 1 saturated heterocycles. The van der Waals surface area contributed by atoms with Gasteiger partial charge in [-0.15, -0.1) is 0 Å². The minimum Gasteiger partial charge on any atom is -0.277 e. The molecule has 3 nitrogen and oxygen atoms in total. The second-order valence-corrected chi connectivity index (χ2v) is 5.33. The van der Waals surface area contributed by atoms with E-state index in [1.807, 2.05) is 20.8 Å². The molecule has 1 heterocycles. The molecule has 78 valence electrons. The van der Waals surface area contributed by atoms with Crippen LogP contribution in [0, 0.1) is 11.8 Å². The van der Waals surface area contributed by atoms with Gasteiger partial charge in [0.15, 0.2) is 0 Å². The van der Waals surface area contributed by atoms with Gasteiger partial charge in [0.1, 0.15) is 0 Å². The zero-order valence-corrected chi connectivity index (χ0v) is 9.04. The third-order valence-electron chi connectivity index (χ3n) is 3.26. The third kappa shape index (κ3) is 1.18. The highest BCUT2D eigenvalue weighted by Crippen LogP contribution is 2.42. The van der Waals surface area contributed by atoms with Gasteiger partial charge in [0.25, 0.3) is 0 Å². The standard InChI is InChI=1S/C11H17NO2/c1-11(2,3)12-9(13)7-5-4-6-8(7)10(12)14/h7-8H,4-6H2,1-3H3. The molecule has 0 spiro atoms. The molecule has 3 heteroatoms. The number of likely N-dealkylation sites (tertiary alicyclic amines) is 1.